The van der Waals surface area contributed by atoms with E-state index in [-0.39, 0.29) is 12.5 Å². The molecule has 1 aliphatic heterocycles. The maximum absolute atomic E-state index is 13.7. The zero-order valence-electron chi connectivity index (χ0n) is 17.3. The van der Waals surface area contributed by atoms with E-state index in [1.807, 2.05) is 19.9 Å². The Labute approximate surface area is 174 Å². The Kier molecular flexibility index (Phi) is 5.21. The Bertz CT molecular complexity index is 1050. The van der Waals surface area contributed by atoms with Crippen molar-refractivity contribution < 1.29 is 9.18 Å². The summed E-state index contributed by atoms with van der Waals surface area (Å²) in [7, 11) is 0. The van der Waals surface area contributed by atoms with Crippen LogP contribution in [0.4, 0.5) is 4.39 Å². The highest BCUT2D eigenvalue weighted by atomic mass is 32.1. The second kappa shape index (κ2) is 7.54. The Hall–Kier alpha value is -2.25. The van der Waals surface area contributed by atoms with E-state index in [1.165, 1.54) is 16.9 Å². The molecule has 1 aliphatic rings. The summed E-state index contributed by atoms with van der Waals surface area (Å²) < 4.78 is 14.8. The maximum atomic E-state index is 13.7. The summed E-state index contributed by atoms with van der Waals surface area (Å²) in [4.78, 5) is 23.3. The summed E-state index contributed by atoms with van der Waals surface area (Å²) in [5, 5.41) is 0. The van der Waals surface area contributed by atoms with Gasteiger partial charge in [-0.05, 0) is 49.9 Å². The lowest BCUT2D eigenvalue weighted by molar-refractivity contribution is 0.0635. The minimum atomic E-state index is -1.03. The summed E-state index contributed by atoms with van der Waals surface area (Å²) in [6.45, 7) is 9.01. The number of alkyl halides is 1. The third-order valence-corrected chi connectivity index (χ3v) is 6.68. The van der Waals surface area contributed by atoms with Crippen molar-refractivity contribution in [2.75, 3.05) is 13.1 Å². The number of rotatable bonds is 3. The van der Waals surface area contributed by atoms with Gasteiger partial charge in [-0.15, -0.1) is 11.3 Å². The highest BCUT2D eigenvalue weighted by molar-refractivity contribution is 7.21. The van der Waals surface area contributed by atoms with Crippen LogP contribution in [-0.2, 0) is 0 Å². The van der Waals surface area contributed by atoms with E-state index in [0.29, 0.717) is 23.8 Å². The van der Waals surface area contributed by atoms with Gasteiger partial charge in [0.05, 0.1) is 26.8 Å². The Balaban J connectivity index is 1.73. The zero-order chi connectivity index (χ0) is 20.9. The molecule has 3 aromatic heterocycles. The molecule has 4 rings (SSSR count). The number of aromatic amines is 1. The summed E-state index contributed by atoms with van der Waals surface area (Å²) in [5.41, 5.74) is 12.2. The summed E-state index contributed by atoms with van der Waals surface area (Å²) >= 11 is 1.51. The third kappa shape index (κ3) is 3.69. The first kappa shape index (κ1) is 20.0. The molecule has 29 heavy (non-hydrogen) atoms. The number of thiophene rings is 1. The van der Waals surface area contributed by atoms with Gasteiger partial charge >= 0.3 is 0 Å². The number of halogens is 1. The molecule has 4 heterocycles. The van der Waals surface area contributed by atoms with Gasteiger partial charge in [0, 0.05) is 30.0 Å². The number of H-pyrrole nitrogens is 1. The van der Waals surface area contributed by atoms with Crippen molar-refractivity contribution in [2.45, 2.75) is 52.2 Å². The van der Waals surface area contributed by atoms with Gasteiger partial charge in [0.1, 0.15) is 6.17 Å². The number of amides is 1. The van der Waals surface area contributed by atoms with Gasteiger partial charge in [-0.3, -0.25) is 9.78 Å². The standard InChI is InChI=1S/C22H27FN4OS/c1-11(2)19-20(14-7-12(3)25-13(4)8-14)26-17-9-18(29-21(17)19)22(28)27-6-5-15(23)16(24)10-27/h7-9,11,15-16,26H,5-6,10,24H2,1-4H3/t15-,16-/m0/s1. The molecule has 3 N–H and O–H groups in total. The van der Waals surface area contributed by atoms with Gasteiger partial charge in [0.15, 0.2) is 0 Å². The number of nitrogens with two attached hydrogens (primary N) is 1. The first-order valence-corrected chi connectivity index (χ1v) is 10.9. The number of carbonyl (C=O) groups excluding carboxylic acids is 1. The number of nitrogens with zero attached hydrogens (tertiary/aromatic N) is 2. The number of fused-ring (bicyclic) bond motifs is 1. The van der Waals surface area contributed by atoms with Gasteiger partial charge in [0.2, 0.25) is 0 Å². The molecule has 0 saturated carbocycles. The molecule has 2 atom stereocenters. The van der Waals surface area contributed by atoms with Crippen LogP contribution in [0.25, 0.3) is 21.5 Å². The van der Waals surface area contributed by atoms with Gasteiger partial charge in [-0.1, -0.05) is 13.8 Å². The van der Waals surface area contributed by atoms with Gasteiger partial charge in [-0.2, -0.15) is 0 Å². The maximum Gasteiger partial charge on any atom is 0.264 e. The second-order valence-electron chi connectivity index (χ2n) is 8.28. The fourth-order valence-corrected chi connectivity index (χ4v) is 5.44. The highest BCUT2D eigenvalue weighted by Gasteiger charge is 2.30. The molecule has 0 radical (unpaired) electrons. The van der Waals surface area contributed by atoms with Crippen molar-refractivity contribution in [3.63, 3.8) is 0 Å². The topological polar surface area (TPSA) is 75.0 Å². The summed E-state index contributed by atoms with van der Waals surface area (Å²) in [5.74, 6) is 0.235. The number of likely N-dealkylation sites (tertiary alicyclic amines) is 1. The van der Waals surface area contributed by atoms with Crippen LogP contribution in [0.1, 0.15) is 52.8 Å². The van der Waals surface area contributed by atoms with Crippen molar-refractivity contribution in [1.29, 1.82) is 0 Å². The average molecular weight is 415 g/mol. The van der Waals surface area contributed by atoms with E-state index in [0.717, 1.165) is 32.9 Å². The number of hydrogen-bond acceptors (Lipinski definition) is 4. The van der Waals surface area contributed by atoms with Crippen molar-refractivity contribution in [3.8, 4) is 11.3 Å². The van der Waals surface area contributed by atoms with Crippen LogP contribution in [0.15, 0.2) is 18.2 Å². The van der Waals surface area contributed by atoms with E-state index in [1.54, 1.807) is 4.90 Å². The Morgan fingerprint density at radius 1 is 1.31 bits per heavy atom. The SMILES string of the molecule is Cc1cc(-c2[nH]c3cc(C(=O)N4CC[C@H](F)[C@@H](N)C4)sc3c2C(C)C)cc(C)n1. The number of pyridine rings is 1. The number of aryl methyl sites for hydroxylation is 2. The molecule has 0 bridgehead atoms. The van der Waals surface area contributed by atoms with Gasteiger partial charge in [0.25, 0.3) is 5.91 Å². The van der Waals surface area contributed by atoms with E-state index >= 15 is 0 Å². The molecule has 0 unspecified atom stereocenters. The van der Waals surface area contributed by atoms with E-state index in [9.17, 15) is 9.18 Å². The largest absolute Gasteiger partial charge is 0.354 e. The van der Waals surface area contributed by atoms with Crippen molar-refractivity contribution in [3.05, 3.63) is 40.0 Å². The molecule has 1 fully saturated rings. The van der Waals surface area contributed by atoms with Crippen LogP contribution in [0.3, 0.4) is 0 Å². The van der Waals surface area contributed by atoms with Crippen molar-refractivity contribution in [2.24, 2.45) is 5.73 Å². The zero-order valence-corrected chi connectivity index (χ0v) is 18.1. The van der Waals surface area contributed by atoms with Crippen molar-refractivity contribution >= 4 is 27.5 Å². The lowest BCUT2D eigenvalue weighted by Gasteiger charge is -2.32. The lowest BCUT2D eigenvalue weighted by atomic mass is 9.99. The molecule has 154 valence electrons. The number of hydrogen-bond donors (Lipinski definition) is 2. The normalized spacial score (nSPS) is 20.0. The molecule has 0 aromatic carbocycles. The number of carbonyl (C=O) groups is 1. The molecule has 5 nitrogen and oxygen atoms in total. The Morgan fingerprint density at radius 2 is 2.00 bits per heavy atom. The number of piperidine rings is 1. The molecule has 7 heteroatoms. The average Bonchev–Trinajstić information content (AvgIpc) is 3.20. The molecule has 1 saturated heterocycles. The van der Waals surface area contributed by atoms with Crippen LogP contribution in [-0.4, -0.2) is 46.1 Å². The van der Waals surface area contributed by atoms with Crippen LogP contribution in [0.2, 0.25) is 0 Å². The molecular weight excluding hydrogens is 387 g/mol. The van der Waals surface area contributed by atoms with Gasteiger partial charge < -0.3 is 15.6 Å². The minimum absolute atomic E-state index is 0.0613. The van der Waals surface area contributed by atoms with Gasteiger partial charge in [-0.25, -0.2) is 4.39 Å². The van der Waals surface area contributed by atoms with Crippen LogP contribution in [0.5, 0.6) is 0 Å². The van der Waals surface area contributed by atoms with Crippen LogP contribution >= 0.6 is 11.3 Å². The predicted molar refractivity (Wildman–Crippen MR) is 116 cm³/mol. The molecular formula is C22H27FN4OS. The van der Waals surface area contributed by atoms with E-state index in [2.05, 4.69) is 35.9 Å². The Morgan fingerprint density at radius 3 is 2.62 bits per heavy atom. The monoisotopic (exact) mass is 414 g/mol. The quantitative estimate of drug-likeness (QED) is 0.661. The molecule has 0 spiro atoms. The first-order chi connectivity index (χ1) is 13.7. The number of nitrogens with one attached hydrogen (secondary N) is 1. The van der Waals surface area contributed by atoms with Crippen LogP contribution in [0, 0.1) is 13.8 Å². The molecule has 3 aromatic rings. The summed E-state index contributed by atoms with van der Waals surface area (Å²) in [6.07, 6.45) is -0.725. The second-order valence-corrected chi connectivity index (χ2v) is 9.33. The van der Waals surface area contributed by atoms with E-state index in [4.69, 9.17) is 5.73 Å². The highest BCUT2D eigenvalue weighted by Crippen LogP contribution is 2.40. The number of aromatic nitrogens is 2. The smallest absolute Gasteiger partial charge is 0.264 e. The van der Waals surface area contributed by atoms with E-state index < -0.39 is 12.2 Å². The fraction of sp³-hybridized carbons (Fsp3) is 0.455. The van der Waals surface area contributed by atoms with Crippen molar-refractivity contribution in [1.82, 2.24) is 14.9 Å². The predicted octanol–water partition coefficient (Wildman–Crippen LogP) is 4.54. The fourth-order valence-electron chi connectivity index (χ4n) is 4.16. The first-order valence-electron chi connectivity index (χ1n) is 10.0. The molecule has 1 amide bonds. The van der Waals surface area contributed by atoms with Crippen LogP contribution < -0.4 is 5.73 Å². The third-order valence-electron chi connectivity index (χ3n) is 5.52. The lowest BCUT2D eigenvalue weighted by Crippen LogP contribution is -2.51. The summed E-state index contributed by atoms with van der Waals surface area (Å²) in [6, 6.07) is 5.49. The molecule has 0 aliphatic carbocycles. The minimum Gasteiger partial charge on any atom is -0.354 e.